The number of Topliss-reactive ketones (excluding diaryl/α,β-unsaturated/α-hetero) is 1. The lowest BCUT2D eigenvalue weighted by molar-refractivity contribution is -0.121. The Labute approximate surface area is 100.0 Å². The number of nitrogens with two attached hydrogens (primary N) is 1. The largest absolute Gasteiger partial charge is 0.325 e. The van der Waals surface area contributed by atoms with Gasteiger partial charge in [0.05, 0.1) is 0 Å². The van der Waals surface area contributed by atoms with Gasteiger partial charge in [-0.05, 0) is 18.8 Å². The molecule has 2 N–H and O–H groups in total. The van der Waals surface area contributed by atoms with Crippen molar-refractivity contribution in [2.75, 3.05) is 0 Å². The summed E-state index contributed by atoms with van der Waals surface area (Å²) in [6, 6.07) is 0. The molecule has 1 aliphatic carbocycles. The number of ketones is 1. The molecule has 0 saturated heterocycles. The Morgan fingerprint density at radius 1 is 1.19 bits per heavy atom. The highest BCUT2D eigenvalue weighted by atomic mass is 16.1. The Balaban J connectivity index is 2.37. The van der Waals surface area contributed by atoms with Gasteiger partial charge >= 0.3 is 0 Å². The van der Waals surface area contributed by atoms with Crippen molar-refractivity contribution in [2.45, 2.75) is 77.2 Å². The maximum absolute atomic E-state index is 12.0. The number of carbonyl (C=O) groups is 1. The van der Waals surface area contributed by atoms with Crippen LogP contribution in [0.1, 0.15) is 71.6 Å². The number of rotatable bonds is 6. The molecule has 0 atom stereocenters. The highest BCUT2D eigenvalue weighted by Gasteiger charge is 2.30. The Bertz CT molecular complexity index is 215. The van der Waals surface area contributed by atoms with Gasteiger partial charge in [0.2, 0.25) is 0 Å². The predicted octanol–water partition coefficient (Wildman–Crippen LogP) is 3.43. The fourth-order valence-corrected chi connectivity index (χ4v) is 2.80. The molecule has 0 aromatic heterocycles. The van der Waals surface area contributed by atoms with E-state index in [9.17, 15) is 4.79 Å². The summed E-state index contributed by atoms with van der Waals surface area (Å²) in [6.07, 6.45) is 9.36. The second kappa shape index (κ2) is 6.39. The quantitative estimate of drug-likeness (QED) is 0.752. The summed E-state index contributed by atoms with van der Waals surface area (Å²) >= 11 is 0. The molecule has 1 saturated carbocycles. The van der Waals surface area contributed by atoms with Gasteiger partial charge < -0.3 is 5.73 Å². The van der Waals surface area contributed by atoms with E-state index in [1.54, 1.807) is 0 Å². The van der Waals surface area contributed by atoms with Crippen LogP contribution in [0.15, 0.2) is 0 Å². The molecule has 0 amide bonds. The van der Waals surface area contributed by atoms with Gasteiger partial charge in [-0.1, -0.05) is 46.0 Å². The number of hydrogen-bond donors (Lipinski definition) is 1. The van der Waals surface area contributed by atoms with Crippen molar-refractivity contribution in [3.05, 3.63) is 0 Å². The Morgan fingerprint density at radius 3 is 2.25 bits per heavy atom. The van der Waals surface area contributed by atoms with Gasteiger partial charge in [-0.2, -0.15) is 0 Å². The van der Waals surface area contributed by atoms with Crippen LogP contribution >= 0.6 is 0 Å². The molecular formula is C14H27NO. The van der Waals surface area contributed by atoms with Gasteiger partial charge in [0.1, 0.15) is 5.78 Å². The fraction of sp³-hybridized carbons (Fsp3) is 0.929. The third-order valence-corrected chi connectivity index (χ3v) is 4.07. The summed E-state index contributed by atoms with van der Waals surface area (Å²) in [5, 5.41) is 0. The van der Waals surface area contributed by atoms with Crippen LogP contribution in [0.2, 0.25) is 0 Å². The van der Waals surface area contributed by atoms with Crippen LogP contribution in [0.25, 0.3) is 0 Å². The van der Waals surface area contributed by atoms with Crippen LogP contribution in [-0.2, 0) is 4.79 Å². The molecule has 0 bridgehead atoms. The van der Waals surface area contributed by atoms with Crippen LogP contribution in [0.5, 0.6) is 0 Å². The zero-order valence-electron chi connectivity index (χ0n) is 10.9. The highest BCUT2D eigenvalue weighted by molar-refractivity contribution is 5.79. The molecule has 0 spiro atoms. The minimum Gasteiger partial charge on any atom is -0.325 e. The molecule has 0 aromatic rings. The summed E-state index contributed by atoms with van der Waals surface area (Å²) in [4.78, 5) is 12.0. The van der Waals surface area contributed by atoms with Crippen LogP contribution in [-0.4, -0.2) is 11.3 Å². The van der Waals surface area contributed by atoms with Crippen LogP contribution in [0.4, 0.5) is 0 Å². The van der Waals surface area contributed by atoms with Gasteiger partial charge in [0.25, 0.3) is 0 Å². The molecule has 0 radical (unpaired) electrons. The van der Waals surface area contributed by atoms with Gasteiger partial charge in [-0.3, -0.25) is 4.79 Å². The Hall–Kier alpha value is -0.370. The molecule has 1 fully saturated rings. The van der Waals surface area contributed by atoms with Crippen molar-refractivity contribution in [2.24, 2.45) is 11.7 Å². The average molecular weight is 225 g/mol. The van der Waals surface area contributed by atoms with Crippen LogP contribution in [0.3, 0.4) is 0 Å². The van der Waals surface area contributed by atoms with Gasteiger partial charge in [-0.25, -0.2) is 0 Å². The Kier molecular flexibility index (Phi) is 5.47. The van der Waals surface area contributed by atoms with Crippen molar-refractivity contribution in [1.82, 2.24) is 0 Å². The van der Waals surface area contributed by atoms with E-state index in [0.29, 0.717) is 18.1 Å². The first-order chi connectivity index (χ1) is 7.59. The lowest BCUT2D eigenvalue weighted by Gasteiger charge is -2.33. The summed E-state index contributed by atoms with van der Waals surface area (Å²) in [5.74, 6) is 0.956. The van der Waals surface area contributed by atoms with E-state index in [1.165, 1.54) is 19.3 Å². The van der Waals surface area contributed by atoms with E-state index < -0.39 is 0 Å². The minimum atomic E-state index is -0.165. The molecule has 0 heterocycles. The topological polar surface area (TPSA) is 43.1 Å². The molecule has 2 nitrogen and oxygen atoms in total. The first kappa shape index (κ1) is 13.7. The average Bonchev–Trinajstić information content (AvgIpc) is 2.26. The maximum Gasteiger partial charge on any atom is 0.135 e. The van der Waals surface area contributed by atoms with Crippen LogP contribution < -0.4 is 5.73 Å². The standard InChI is InChI=1S/C14H27NO/c1-3-12(4-2)10-13(16)11-14(15)8-6-5-7-9-14/h12H,3-11,15H2,1-2H3. The Morgan fingerprint density at radius 2 is 1.75 bits per heavy atom. The summed E-state index contributed by atoms with van der Waals surface area (Å²) in [5.41, 5.74) is 6.13. The summed E-state index contributed by atoms with van der Waals surface area (Å²) < 4.78 is 0. The van der Waals surface area contributed by atoms with E-state index in [4.69, 9.17) is 5.73 Å². The smallest absolute Gasteiger partial charge is 0.135 e. The SMILES string of the molecule is CCC(CC)CC(=O)CC1(N)CCCCC1. The van der Waals surface area contributed by atoms with Crippen molar-refractivity contribution in [1.29, 1.82) is 0 Å². The fourth-order valence-electron chi connectivity index (χ4n) is 2.80. The lowest BCUT2D eigenvalue weighted by atomic mass is 9.78. The lowest BCUT2D eigenvalue weighted by Crippen LogP contribution is -2.43. The van der Waals surface area contributed by atoms with Crippen LogP contribution in [0, 0.1) is 5.92 Å². The second-order valence-electron chi connectivity index (χ2n) is 5.53. The molecule has 0 unspecified atom stereocenters. The minimum absolute atomic E-state index is 0.165. The van der Waals surface area contributed by atoms with Gasteiger partial charge in [-0.15, -0.1) is 0 Å². The molecule has 94 valence electrons. The van der Waals surface area contributed by atoms with Crippen molar-refractivity contribution < 1.29 is 4.79 Å². The molecule has 0 aromatic carbocycles. The third kappa shape index (κ3) is 4.25. The molecular weight excluding hydrogens is 198 g/mol. The van der Waals surface area contributed by atoms with Gasteiger partial charge in [0, 0.05) is 18.4 Å². The molecule has 16 heavy (non-hydrogen) atoms. The third-order valence-electron chi connectivity index (χ3n) is 4.07. The van der Waals surface area contributed by atoms with Crippen molar-refractivity contribution in [3.63, 3.8) is 0 Å². The first-order valence-corrected chi connectivity index (χ1v) is 6.90. The normalized spacial score (nSPS) is 20.0. The molecule has 2 heteroatoms. The van der Waals surface area contributed by atoms with E-state index in [2.05, 4.69) is 13.8 Å². The second-order valence-corrected chi connectivity index (χ2v) is 5.53. The number of hydrogen-bond acceptors (Lipinski definition) is 2. The summed E-state index contributed by atoms with van der Waals surface area (Å²) in [7, 11) is 0. The zero-order valence-corrected chi connectivity index (χ0v) is 10.9. The molecule has 1 rings (SSSR count). The highest BCUT2D eigenvalue weighted by Crippen LogP contribution is 2.30. The molecule has 1 aliphatic rings. The van der Waals surface area contributed by atoms with Crippen molar-refractivity contribution >= 4 is 5.78 Å². The molecule has 0 aliphatic heterocycles. The van der Waals surface area contributed by atoms with Crippen molar-refractivity contribution in [3.8, 4) is 0 Å². The van der Waals surface area contributed by atoms with E-state index in [1.807, 2.05) is 0 Å². The zero-order chi connectivity index (χ0) is 12.0. The predicted molar refractivity (Wildman–Crippen MR) is 68.3 cm³/mol. The van der Waals surface area contributed by atoms with E-state index >= 15 is 0 Å². The van der Waals surface area contributed by atoms with Gasteiger partial charge in [0.15, 0.2) is 0 Å². The first-order valence-electron chi connectivity index (χ1n) is 6.90. The number of carbonyl (C=O) groups excluding carboxylic acids is 1. The maximum atomic E-state index is 12.0. The van der Waals surface area contributed by atoms with E-state index in [0.717, 1.165) is 32.1 Å². The monoisotopic (exact) mass is 225 g/mol. The summed E-state index contributed by atoms with van der Waals surface area (Å²) in [6.45, 7) is 4.33. The van der Waals surface area contributed by atoms with E-state index in [-0.39, 0.29) is 5.54 Å².